The lowest BCUT2D eigenvalue weighted by Gasteiger charge is -2.09. The summed E-state index contributed by atoms with van der Waals surface area (Å²) in [7, 11) is 0. The summed E-state index contributed by atoms with van der Waals surface area (Å²) >= 11 is 0. The molecule has 0 saturated carbocycles. The SMILES string of the molecule is Cc1ncc(CN)n1Cc1ccc(O)cc1. The average Bonchev–Trinajstić information content (AvgIpc) is 2.63. The van der Waals surface area contributed by atoms with Crippen molar-refractivity contribution in [1.82, 2.24) is 9.55 Å². The van der Waals surface area contributed by atoms with E-state index in [1.807, 2.05) is 19.1 Å². The Morgan fingerprint density at radius 2 is 2.00 bits per heavy atom. The number of nitrogens with zero attached hydrogens (tertiary/aromatic N) is 2. The number of aromatic nitrogens is 2. The van der Waals surface area contributed by atoms with E-state index in [4.69, 9.17) is 5.73 Å². The van der Waals surface area contributed by atoms with E-state index in [-0.39, 0.29) is 5.75 Å². The van der Waals surface area contributed by atoms with Gasteiger partial charge < -0.3 is 15.4 Å². The van der Waals surface area contributed by atoms with Crippen LogP contribution in [0.15, 0.2) is 30.5 Å². The number of nitrogens with two attached hydrogens (primary N) is 1. The van der Waals surface area contributed by atoms with Crippen LogP contribution >= 0.6 is 0 Å². The predicted octanol–water partition coefficient (Wildman–Crippen LogP) is 1.40. The summed E-state index contributed by atoms with van der Waals surface area (Å²) in [5.41, 5.74) is 7.78. The van der Waals surface area contributed by atoms with Crippen molar-refractivity contribution in [3.8, 4) is 5.75 Å². The highest BCUT2D eigenvalue weighted by molar-refractivity contribution is 5.26. The van der Waals surface area contributed by atoms with Crippen molar-refractivity contribution >= 4 is 0 Å². The van der Waals surface area contributed by atoms with Crippen molar-refractivity contribution < 1.29 is 5.11 Å². The highest BCUT2D eigenvalue weighted by Gasteiger charge is 2.05. The van der Waals surface area contributed by atoms with Gasteiger partial charge in [-0.2, -0.15) is 0 Å². The van der Waals surface area contributed by atoms with Gasteiger partial charge in [-0.1, -0.05) is 12.1 Å². The molecule has 0 bridgehead atoms. The van der Waals surface area contributed by atoms with Gasteiger partial charge in [0.2, 0.25) is 0 Å². The Labute approximate surface area is 94.4 Å². The maximum atomic E-state index is 9.20. The fourth-order valence-corrected chi connectivity index (χ4v) is 1.68. The fourth-order valence-electron chi connectivity index (χ4n) is 1.68. The molecule has 1 heterocycles. The number of hydrogen-bond donors (Lipinski definition) is 2. The van der Waals surface area contributed by atoms with E-state index in [0.717, 1.165) is 23.6 Å². The van der Waals surface area contributed by atoms with E-state index in [0.29, 0.717) is 6.54 Å². The summed E-state index contributed by atoms with van der Waals surface area (Å²) < 4.78 is 2.08. The molecule has 2 aromatic rings. The van der Waals surface area contributed by atoms with Crippen LogP contribution in [0.5, 0.6) is 5.75 Å². The molecule has 2 rings (SSSR count). The zero-order valence-corrected chi connectivity index (χ0v) is 9.22. The van der Waals surface area contributed by atoms with E-state index in [1.165, 1.54) is 0 Å². The molecule has 4 heteroatoms. The lowest BCUT2D eigenvalue weighted by atomic mass is 10.2. The van der Waals surface area contributed by atoms with Gasteiger partial charge in [-0.05, 0) is 24.6 Å². The van der Waals surface area contributed by atoms with Crippen LogP contribution in [0, 0.1) is 6.92 Å². The molecule has 0 radical (unpaired) electrons. The Balaban J connectivity index is 2.26. The lowest BCUT2D eigenvalue weighted by molar-refractivity contribution is 0.475. The lowest BCUT2D eigenvalue weighted by Crippen LogP contribution is -2.09. The van der Waals surface area contributed by atoms with Crippen LogP contribution in [0.1, 0.15) is 17.1 Å². The third-order valence-electron chi connectivity index (χ3n) is 2.62. The molecule has 84 valence electrons. The second-order valence-corrected chi connectivity index (χ2v) is 3.75. The van der Waals surface area contributed by atoms with Gasteiger partial charge in [-0.3, -0.25) is 0 Å². The third-order valence-corrected chi connectivity index (χ3v) is 2.62. The number of aryl methyl sites for hydroxylation is 1. The first-order valence-corrected chi connectivity index (χ1v) is 5.19. The van der Waals surface area contributed by atoms with Crippen LogP contribution in [0.4, 0.5) is 0 Å². The highest BCUT2D eigenvalue weighted by Crippen LogP contribution is 2.13. The topological polar surface area (TPSA) is 64.1 Å². The number of phenols is 1. The number of phenolic OH excluding ortho intramolecular Hbond substituents is 1. The van der Waals surface area contributed by atoms with Crippen LogP contribution in [-0.4, -0.2) is 14.7 Å². The van der Waals surface area contributed by atoms with E-state index in [2.05, 4.69) is 9.55 Å². The molecule has 0 aliphatic carbocycles. The molecule has 16 heavy (non-hydrogen) atoms. The second kappa shape index (κ2) is 4.37. The molecule has 4 nitrogen and oxygen atoms in total. The number of rotatable bonds is 3. The monoisotopic (exact) mass is 217 g/mol. The molecule has 0 spiro atoms. The van der Waals surface area contributed by atoms with Crippen molar-refractivity contribution in [2.45, 2.75) is 20.0 Å². The standard InChI is InChI=1S/C12H15N3O/c1-9-14-7-11(6-13)15(9)8-10-2-4-12(16)5-3-10/h2-5,7,16H,6,8,13H2,1H3. The molecule has 0 saturated heterocycles. The predicted molar refractivity (Wildman–Crippen MR) is 62.1 cm³/mol. The van der Waals surface area contributed by atoms with Gasteiger partial charge in [0.25, 0.3) is 0 Å². The molecule has 0 aliphatic heterocycles. The number of benzene rings is 1. The summed E-state index contributed by atoms with van der Waals surface area (Å²) in [6, 6.07) is 7.16. The van der Waals surface area contributed by atoms with Gasteiger partial charge >= 0.3 is 0 Å². The van der Waals surface area contributed by atoms with Crippen molar-refractivity contribution in [3.05, 3.63) is 47.5 Å². The summed E-state index contributed by atoms with van der Waals surface area (Å²) in [6.07, 6.45) is 1.80. The first kappa shape index (κ1) is 10.7. The maximum absolute atomic E-state index is 9.20. The van der Waals surface area contributed by atoms with Crippen LogP contribution in [0.25, 0.3) is 0 Å². The van der Waals surface area contributed by atoms with Crippen LogP contribution < -0.4 is 5.73 Å². The zero-order valence-electron chi connectivity index (χ0n) is 9.22. The minimum absolute atomic E-state index is 0.283. The summed E-state index contributed by atoms with van der Waals surface area (Å²) in [5, 5.41) is 9.20. The van der Waals surface area contributed by atoms with Crippen molar-refractivity contribution in [2.24, 2.45) is 5.73 Å². The maximum Gasteiger partial charge on any atom is 0.115 e. The summed E-state index contributed by atoms with van der Waals surface area (Å²) in [4.78, 5) is 4.23. The average molecular weight is 217 g/mol. The Morgan fingerprint density at radius 1 is 1.31 bits per heavy atom. The number of aromatic hydroxyl groups is 1. The van der Waals surface area contributed by atoms with Crippen molar-refractivity contribution in [3.63, 3.8) is 0 Å². The number of hydrogen-bond acceptors (Lipinski definition) is 3. The molecule has 0 fully saturated rings. The zero-order chi connectivity index (χ0) is 11.5. The quantitative estimate of drug-likeness (QED) is 0.817. The largest absolute Gasteiger partial charge is 0.508 e. The van der Waals surface area contributed by atoms with Crippen LogP contribution in [-0.2, 0) is 13.1 Å². The van der Waals surface area contributed by atoms with Gasteiger partial charge in [0.1, 0.15) is 11.6 Å². The Bertz CT molecular complexity index is 474. The van der Waals surface area contributed by atoms with Gasteiger partial charge in [-0.25, -0.2) is 4.98 Å². The van der Waals surface area contributed by atoms with E-state index in [9.17, 15) is 5.11 Å². The molecule has 0 amide bonds. The molecule has 3 N–H and O–H groups in total. The highest BCUT2D eigenvalue weighted by atomic mass is 16.3. The number of imidazole rings is 1. The Kier molecular flexibility index (Phi) is 2.92. The fraction of sp³-hybridized carbons (Fsp3) is 0.250. The van der Waals surface area contributed by atoms with Gasteiger partial charge in [0, 0.05) is 19.3 Å². The summed E-state index contributed by atoms with van der Waals surface area (Å²) in [6.45, 7) is 3.18. The molecule has 0 unspecified atom stereocenters. The second-order valence-electron chi connectivity index (χ2n) is 3.75. The smallest absolute Gasteiger partial charge is 0.115 e. The van der Waals surface area contributed by atoms with E-state index < -0.39 is 0 Å². The van der Waals surface area contributed by atoms with Crippen LogP contribution in [0.3, 0.4) is 0 Å². The first-order chi connectivity index (χ1) is 7.70. The molecular weight excluding hydrogens is 202 g/mol. The van der Waals surface area contributed by atoms with Crippen molar-refractivity contribution in [1.29, 1.82) is 0 Å². The molecule has 0 aliphatic rings. The minimum atomic E-state index is 0.283. The Morgan fingerprint density at radius 3 is 2.62 bits per heavy atom. The normalized spacial score (nSPS) is 10.6. The van der Waals surface area contributed by atoms with E-state index in [1.54, 1.807) is 18.3 Å². The summed E-state index contributed by atoms with van der Waals surface area (Å²) in [5.74, 6) is 1.23. The van der Waals surface area contributed by atoms with Crippen LogP contribution in [0.2, 0.25) is 0 Å². The molecule has 0 atom stereocenters. The first-order valence-electron chi connectivity index (χ1n) is 5.19. The van der Waals surface area contributed by atoms with Gasteiger partial charge in [0.05, 0.1) is 5.69 Å². The Hall–Kier alpha value is -1.81. The van der Waals surface area contributed by atoms with Crippen molar-refractivity contribution in [2.75, 3.05) is 0 Å². The molecule has 1 aromatic heterocycles. The molecule has 1 aromatic carbocycles. The molecular formula is C12H15N3O. The van der Waals surface area contributed by atoms with Gasteiger partial charge in [-0.15, -0.1) is 0 Å². The minimum Gasteiger partial charge on any atom is -0.508 e. The third kappa shape index (κ3) is 2.06. The van der Waals surface area contributed by atoms with E-state index >= 15 is 0 Å². The van der Waals surface area contributed by atoms with Gasteiger partial charge in [0.15, 0.2) is 0 Å².